The molecule has 2 aromatic carbocycles. The third-order valence-electron chi connectivity index (χ3n) is 6.14. The molecular weight excluding hydrogens is 318 g/mol. The molecule has 133 valence electrons. The van der Waals surface area contributed by atoms with Gasteiger partial charge in [-0.05, 0) is 61.8 Å². The van der Waals surface area contributed by atoms with E-state index in [1.54, 1.807) is 21.3 Å². The fraction of sp³-hybridized carbons (Fsp3) is 0.455. The minimum absolute atomic E-state index is 0.398. The maximum absolute atomic E-state index is 10.3. The Morgan fingerprint density at radius 1 is 0.923 bits per heavy atom. The topological polar surface area (TPSA) is 29.5 Å². The van der Waals surface area contributed by atoms with Gasteiger partial charge in [0, 0.05) is 0 Å². The van der Waals surface area contributed by atoms with Gasteiger partial charge < -0.3 is 9.76 Å². The molecule has 2 unspecified atom stereocenters. The van der Waals surface area contributed by atoms with Crippen molar-refractivity contribution in [2.75, 3.05) is 0 Å². The minimum atomic E-state index is -0.932. The van der Waals surface area contributed by atoms with Crippen molar-refractivity contribution in [2.24, 2.45) is 0 Å². The Balaban J connectivity index is 1.93. The van der Waals surface area contributed by atoms with Crippen molar-refractivity contribution < 1.29 is 9.76 Å². The molecule has 0 fully saturated rings. The maximum Gasteiger partial charge on any atom is 0.330 e. The van der Waals surface area contributed by atoms with Crippen LogP contribution in [0.2, 0.25) is 0 Å². The van der Waals surface area contributed by atoms with Crippen LogP contribution in [-0.4, -0.2) is 31.6 Å². The standard InChI is InChI=1S/C22H27B2O2/c1-13-14(2)20-12-16(24-26-22(5,6)21(3,4)25)8-10-18(20)17-9-7-15(23)11-19(13)17/h7-14,25H,1-6H3. The van der Waals surface area contributed by atoms with Gasteiger partial charge in [-0.3, -0.25) is 0 Å². The van der Waals surface area contributed by atoms with Crippen LogP contribution in [0.15, 0.2) is 36.4 Å². The summed E-state index contributed by atoms with van der Waals surface area (Å²) in [5.74, 6) is 0.805. The van der Waals surface area contributed by atoms with E-state index in [9.17, 15) is 5.11 Å². The highest BCUT2D eigenvalue weighted by Gasteiger charge is 2.36. The Hall–Kier alpha value is -1.51. The molecular formula is C22H27B2O2. The smallest absolute Gasteiger partial charge is 0.330 e. The molecule has 0 amide bonds. The van der Waals surface area contributed by atoms with Gasteiger partial charge in [0.25, 0.3) is 0 Å². The highest BCUT2D eigenvalue weighted by Crippen LogP contribution is 2.45. The van der Waals surface area contributed by atoms with E-state index in [0.29, 0.717) is 11.8 Å². The molecule has 0 spiro atoms. The number of rotatable bonds is 4. The predicted molar refractivity (Wildman–Crippen MR) is 111 cm³/mol. The molecule has 26 heavy (non-hydrogen) atoms. The largest absolute Gasteiger partial charge is 0.427 e. The highest BCUT2D eigenvalue weighted by molar-refractivity contribution is 6.47. The Labute approximate surface area is 159 Å². The summed E-state index contributed by atoms with van der Waals surface area (Å²) >= 11 is 0. The molecule has 3 radical (unpaired) electrons. The van der Waals surface area contributed by atoms with E-state index in [0.717, 1.165) is 10.9 Å². The Bertz CT molecular complexity index is 821. The lowest BCUT2D eigenvalue weighted by Crippen LogP contribution is -2.49. The average molecular weight is 345 g/mol. The molecule has 2 nitrogen and oxygen atoms in total. The zero-order valence-electron chi connectivity index (χ0n) is 16.6. The number of fused-ring (bicyclic) bond motifs is 3. The molecule has 0 saturated heterocycles. The fourth-order valence-corrected chi connectivity index (χ4v) is 3.38. The molecule has 0 heterocycles. The first kappa shape index (κ1) is 19.3. The molecule has 1 aliphatic carbocycles. The number of hydrogen-bond acceptors (Lipinski definition) is 2. The predicted octanol–water partition coefficient (Wildman–Crippen LogP) is 3.18. The van der Waals surface area contributed by atoms with Gasteiger partial charge in [0.05, 0.1) is 11.2 Å². The first-order valence-electron chi connectivity index (χ1n) is 9.28. The summed E-state index contributed by atoms with van der Waals surface area (Å²) in [6, 6.07) is 12.6. The van der Waals surface area contributed by atoms with Crippen LogP contribution in [0.5, 0.6) is 0 Å². The van der Waals surface area contributed by atoms with Gasteiger partial charge in [0.2, 0.25) is 0 Å². The number of hydrogen-bond donors (Lipinski definition) is 1. The van der Waals surface area contributed by atoms with Crippen LogP contribution in [0.1, 0.15) is 64.5 Å². The second kappa shape index (κ2) is 6.58. The summed E-state index contributed by atoms with van der Waals surface area (Å²) in [4.78, 5) is 0. The summed E-state index contributed by atoms with van der Waals surface area (Å²) in [5, 5.41) is 10.3. The van der Waals surface area contributed by atoms with Gasteiger partial charge in [0.1, 0.15) is 7.85 Å². The van der Waals surface area contributed by atoms with Crippen molar-refractivity contribution in [3.63, 3.8) is 0 Å². The van der Waals surface area contributed by atoms with Gasteiger partial charge in [-0.15, -0.1) is 0 Å². The van der Waals surface area contributed by atoms with E-state index >= 15 is 0 Å². The Morgan fingerprint density at radius 3 is 2.04 bits per heavy atom. The van der Waals surface area contributed by atoms with E-state index in [1.165, 1.54) is 22.3 Å². The lowest BCUT2D eigenvalue weighted by atomic mass is 9.70. The molecule has 1 N–H and O–H groups in total. The summed E-state index contributed by atoms with van der Waals surface area (Å²) in [5.41, 5.74) is 5.41. The molecule has 0 aromatic heterocycles. The van der Waals surface area contributed by atoms with E-state index < -0.39 is 11.2 Å². The molecule has 0 aliphatic heterocycles. The quantitative estimate of drug-likeness (QED) is 0.863. The molecule has 2 aromatic rings. The molecule has 2 atom stereocenters. The first-order chi connectivity index (χ1) is 12.0. The second-order valence-corrected chi connectivity index (χ2v) is 8.58. The van der Waals surface area contributed by atoms with Gasteiger partial charge in [-0.25, -0.2) is 0 Å². The third kappa shape index (κ3) is 3.37. The van der Waals surface area contributed by atoms with Gasteiger partial charge in [-0.2, -0.15) is 0 Å². The summed E-state index contributed by atoms with van der Waals surface area (Å²) in [6.07, 6.45) is 0. The Morgan fingerprint density at radius 2 is 1.46 bits per heavy atom. The van der Waals surface area contributed by atoms with E-state index in [4.69, 9.17) is 12.5 Å². The maximum atomic E-state index is 10.3. The van der Waals surface area contributed by atoms with Crippen LogP contribution in [0, 0.1) is 0 Å². The van der Waals surface area contributed by atoms with Crippen LogP contribution in [0.3, 0.4) is 0 Å². The van der Waals surface area contributed by atoms with Gasteiger partial charge in [0.15, 0.2) is 0 Å². The van der Waals surface area contributed by atoms with Crippen molar-refractivity contribution in [1.82, 2.24) is 0 Å². The summed E-state index contributed by atoms with van der Waals surface area (Å²) in [6.45, 7) is 11.8. The average Bonchev–Trinajstić information content (AvgIpc) is 2.57. The third-order valence-corrected chi connectivity index (χ3v) is 6.14. The van der Waals surface area contributed by atoms with Crippen molar-refractivity contribution >= 4 is 26.3 Å². The molecule has 1 aliphatic rings. The number of benzene rings is 2. The van der Waals surface area contributed by atoms with Crippen LogP contribution in [0.4, 0.5) is 0 Å². The van der Waals surface area contributed by atoms with Crippen molar-refractivity contribution in [2.45, 2.75) is 64.6 Å². The van der Waals surface area contributed by atoms with Crippen LogP contribution in [-0.2, 0) is 4.65 Å². The van der Waals surface area contributed by atoms with E-state index in [1.807, 2.05) is 19.9 Å². The van der Waals surface area contributed by atoms with Crippen LogP contribution < -0.4 is 10.9 Å². The van der Waals surface area contributed by atoms with Crippen LogP contribution >= 0.6 is 0 Å². The molecule has 0 bridgehead atoms. The monoisotopic (exact) mass is 345 g/mol. The SMILES string of the molecule is [B]c1ccc2c(c1)C(C)C(C)c1cc([B]OC(C)(C)C(C)(C)O)ccc1-2. The van der Waals surface area contributed by atoms with Crippen LogP contribution in [0.25, 0.3) is 11.1 Å². The summed E-state index contributed by atoms with van der Waals surface area (Å²) < 4.78 is 5.93. The van der Waals surface area contributed by atoms with E-state index in [-0.39, 0.29) is 0 Å². The Kier molecular flexibility index (Phi) is 4.87. The minimum Gasteiger partial charge on any atom is -0.427 e. The van der Waals surface area contributed by atoms with Crippen molar-refractivity contribution in [1.29, 1.82) is 0 Å². The molecule has 4 heteroatoms. The highest BCUT2D eigenvalue weighted by atomic mass is 16.5. The van der Waals surface area contributed by atoms with E-state index in [2.05, 4.69) is 44.2 Å². The first-order valence-corrected chi connectivity index (χ1v) is 9.28. The zero-order chi connectivity index (χ0) is 19.3. The second-order valence-electron chi connectivity index (χ2n) is 8.58. The number of aliphatic hydroxyl groups is 1. The lowest BCUT2D eigenvalue weighted by Gasteiger charge is -2.37. The zero-order valence-corrected chi connectivity index (χ0v) is 16.6. The van der Waals surface area contributed by atoms with Gasteiger partial charge >= 0.3 is 7.48 Å². The summed E-state index contributed by atoms with van der Waals surface area (Å²) in [7, 11) is 7.77. The van der Waals surface area contributed by atoms with Crippen molar-refractivity contribution in [3.8, 4) is 11.1 Å². The molecule has 3 rings (SSSR count). The van der Waals surface area contributed by atoms with Gasteiger partial charge in [-0.1, -0.05) is 61.2 Å². The normalized spacial score (nSPS) is 19.7. The van der Waals surface area contributed by atoms with Crippen molar-refractivity contribution in [3.05, 3.63) is 47.5 Å². The lowest BCUT2D eigenvalue weighted by molar-refractivity contribution is -0.0893. The molecule has 0 saturated carbocycles. The fourth-order valence-electron chi connectivity index (χ4n) is 3.38.